The fourth-order valence-electron chi connectivity index (χ4n) is 2.29. The van der Waals surface area contributed by atoms with Gasteiger partial charge in [0, 0.05) is 23.7 Å². The van der Waals surface area contributed by atoms with Crippen LogP contribution in [0.5, 0.6) is 0 Å². The van der Waals surface area contributed by atoms with Crippen molar-refractivity contribution in [3.8, 4) is 11.4 Å². The predicted molar refractivity (Wildman–Crippen MR) is 88.6 cm³/mol. The molecule has 23 heavy (non-hydrogen) atoms. The van der Waals surface area contributed by atoms with Gasteiger partial charge in [0.1, 0.15) is 17.4 Å². The van der Waals surface area contributed by atoms with Crippen LogP contribution in [-0.2, 0) is 0 Å². The Bertz CT molecular complexity index is 811. The molecule has 0 bridgehead atoms. The standard InChI is InChI=1S/C17H17N5O/c1-11-9-16(22-23-11)19-15-10-14(18-13-7-8-13)20-17(21-15)12-5-3-2-4-6-12/h2-6,9-10,13H,7-8H2,1H3,(H2,18,19,20,21,22). The lowest BCUT2D eigenvalue weighted by Crippen LogP contribution is -2.06. The number of aromatic nitrogens is 3. The Kier molecular flexibility index (Phi) is 3.42. The quantitative estimate of drug-likeness (QED) is 0.747. The first kappa shape index (κ1) is 13.8. The Hall–Kier alpha value is -2.89. The number of rotatable bonds is 5. The minimum Gasteiger partial charge on any atom is -0.367 e. The molecule has 1 fully saturated rings. The fourth-order valence-corrected chi connectivity index (χ4v) is 2.29. The average molecular weight is 307 g/mol. The molecule has 0 amide bonds. The van der Waals surface area contributed by atoms with Crippen molar-refractivity contribution < 1.29 is 4.52 Å². The minimum atomic E-state index is 0.524. The fraction of sp³-hybridized carbons (Fsp3) is 0.235. The molecule has 2 aromatic heterocycles. The van der Waals surface area contributed by atoms with Gasteiger partial charge in [-0.05, 0) is 19.8 Å². The normalized spacial score (nSPS) is 13.8. The highest BCUT2D eigenvalue weighted by molar-refractivity contribution is 5.64. The molecule has 1 saturated carbocycles. The van der Waals surface area contributed by atoms with E-state index in [0.717, 1.165) is 17.1 Å². The van der Waals surface area contributed by atoms with E-state index in [9.17, 15) is 0 Å². The molecule has 4 rings (SSSR count). The maximum Gasteiger partial charge on any atom is 0.175 e. The van der Waals surface area contributed by atoms with Crippen LogP contribution in [0.2, 0.25) is 0 Å². The van der Waals surface area contributed by atoms with E-state index in [2.05, 4.69) is 25.8 Å². The van der Waals surface area contributed by atoms with E-state index in [4.69, 9.17) is 4.52 Å². The second-order valence-electron chi connectivity index (χ2n) is 5.69. The Balaban J connectivity index is 1.68. The van der Waals surface area contributed by atoms with Gasteiger partial charge in [-0.2, -0.15) is 0 Å². The van der Waals surface area contributed by atoms with Gasteiger partial charge in [-0.25, -0.2) is 9.97 Å². The number of nitrogens with one attached hydrogen (secondary N) is 2. The second kappa shape index (κ2) is 5.72. The minimum absolute atomic E-state index is 0.524. The Morgan fingerprint density at radius 1 is 1.00 bits per heavy atom. The molecule has 1 aliphatic carbocycles. The zero-order chi connectivity index (χ0) is 15.6. The van der Waals surface area contributed by atoms with Crippen molar-refractivity contribution in [1.82, 2.24) is 15.1 Å². The van der Waals surface area contributed by atoms with Gasteiger partial charge < -0.3 is 15.2 Å². The summed E-state index contributed by atoms with van der Waals surface area (Å²) in [4.78, 5) is 9.22. The summed E-state index contributed by atoms with van der Waals surface area (Å²) in [6, 6.07) is 14.2. The Labute approximate surface area is 134 Å². The number of hydrogen-bond donors (Lipinski definition) is 2. The van der Waals surface area contributed by atoms with Crippen molar-refractivity contribution in [3.63, 3.8) is 0 Å². The molecule has 0 unspecified atom stereocenters. The lowest BCUT2D eigenvalue weighted by atomic mass is 10.2. The van der Waals surface area contributed by atoms with Crippen molar-refractivity contribution in [1.29, 1.82) is 0 Å². The summed E-state index contributed by atoms with van der Waals surface area (Å²) in [7, 11) is 0. The highest BCUT2D eigenvalue weighted by atomic mass is 16.5. The third-order valence-electron chi connectivity index (χ3n) is 3.57. The topological polar surface area (TPSA) is 75.9 Å². The lowest BCUT2D eigenvalue weighted by molar-refractivity contribution is 0.400. The van der Waals surface area contributed by atoms with Crippen LogP contribution in [0.3, 0.4) is 0 Å². The van der Waals surface area contributed by atoms with E-state index in [-0.39, 0.29) is 0 Å². The van der Waals surface area contributed by atoms with Crippen molar-refractivity contribution in [2.24, 2.45) is 0 Å². The van der Waals surface area contributed by atoms with E-state index < -0.39 is 0 Å². The Morgan fingerprint density at radius 3 is 2.48 bits per heavy atom. The molecular weight excluding hydrogens is 290 g/mol. The summed E-state index contributed by atoms with van der Waals surface area (Å²) in [5.74, 6) is 3.58. The number of aryl methyl sites for hydroxylation is 1. The number of benzene rings is 1. The van der Waals surface area contributed by atoms with Gasteiger partial charge in [-0.3, -0.25) is 0 Å². The highest BCUT2D eigenvalue weighted by Crippen LogP contribution is 2.27. The van der Waals surface area contributed by atoms with Gasteiger partial charge in [0.15, 0.2) is 11.6 Å². The molecule has 0 aliphatic heterocycles. The van der Waals surface area contributed by atoms with Crippen LogP contribution in [0.4, 0.5) is 17.5 Å². The van der Waals surface area contributed by atoms with Crippen LogP contribution in [0.25, 0.3) is 11.4 Å². The van der Waals surface area contributed by atoms with Gasteiger partial charge in [0.25, 0.3) is 0 Å². The average Bonchev–Trinajstić information content (AvgIpc) is 3.28. The first-order valence-electron chi connectivity index (χ1n) is 7.68. The third kappa shape index (κ3) is 3.31. The zero-order valence-corrected chi connectivity index (χ0v) is 12.8. The van der Waals surface area contributed by atoms with Crippen LogP contribution >= 0.6 is 0 Å². The largest absolute Gasteiger partial charge is 0.367 e. The smallest absolute Gasteiger partial charge is 0.175 e. The molecular formula is C17H17N5O. The predicted octanol–water partition coefficient (Wildman–Crippen LogP) is 3.76. The molecule has 116 valence electrons. The summed E-state index contributed by atoms with van der Waals surface area (Å²) >= 11 is 0. The zero-order valence-electron chi connectivity index (χ0n) is 12.8. The molecule has 2 heterocycles. The van der Waals surface area contributed by atoms with E-state index in [1.54, 1.807) is 0 Å². The molecule has 1 aliphatic rings. The lowest BCUT2D eigenvalue weighted by Gasteiger charge is -2.10. The van der Waals surface area contributed by atoms with Crippen molar-refractivity contribution in [2.75, 3.05) is 10.6 Å². The molecule has 0 spiro atoms. The molecule has 6 heteroatoms. The van der Waals surface area contributed by atoms with Gasteiger partial charge in [-0.15, -0.1) is 0 Å². The van der Waals surface area contributed by atoms with Crippen LogP contribution in [-0.4, -0.2) is 21.2 Å². The summed E-state index contributed by atoms with van der Waals surface area (Å²) in [6.07, 6.45) is 2.38. The summed E-state index contributed by atoms with van der Waals surface area (Å²) in [5.41, 5.74) is 0.978. The molecule has 3 aromatic rings. The summed E-state index contributed by atoms with van der Waals surface area (Å²) in [6.45, 7) is 1.85. The van der Waals surface area contributed by atoms with Gasteiger partial charge >= 0.3 is 0 Å². The molecule has 6 nitrogen and oxygen atoms in total. The van der Waals surface area contributed by atoms with E-state index >= 15 is 0 Å². The number of nitrogens with zero attached hydrogens (tertiary/aromatic N) is 3. The number of anilines is 3. The number of hydrogen-bond acceptors (Lipinski definition) is 6. The maximum absolute atomic E-state index is 5.08. The molecule has 2 N–H and O–H groups in total. The van der Waals surface area contributed by atoms with E-state index in [1.165, 1.54) is 12.8 Å². The SMILES string of the molecule is Cc1cc(Nc2cc(NC3CC3)nc(-c3ccccc3)n2)no1. The van der Waals surface area contributed by atoms with Gasteiger partial charge in [0.2, 0.25) is 0 Å². The Morgan fingerprint density at radius 2 is 1.78 bits per heavy atom. The van der Waals surface area contributed by atoms with Crippen molar-refractivity contribution in [3.05, 3.63) is 48.2 Å². The van der Waals surface area contributed by atoms with Gasteiger partial charge in [-0.1, -0.05) is 35.5 Å². The second-order valence-corrected chi connectivity index (χ2v) is 5.69. The maximum atomic E-state index is 5.08. The molecule has 1 aromatic carbocycles. The van der Waals surface area contributed by atoms with Crippen LogP contribution < -0.4 is 10.6 Å². The van der Waals surface area contributed by atoms with Crippen molar-refractivity contribution in [2.45, 2.75) is 25.8 Å². The summed E-state index contributed by atoms with van der Waals surface area (Å²) in [5, 5.41) is 10.5. The molecule has 0 radical (unpaired) electrons. The molecule has 0 atom stereocenters. The third-order valence-corrected chi connectivity index (χ3v) is 3.57. The van der Waals surface area contributed by atoms with E-state index in [1.807, 2.05) is 49.4 Å². The van der Waals surface area contributed by atoms with Gasteiger partial charge in [0.05, 0.1) is 0 Å². The van der Waals surface area contributed by atoms with Crippen LogP contribution in [0, 0.1) is 6.92 Å². The first-order chi connectivity index (χ1) is 11.3. The summed E-state index contributed by atoms with van der Waals surface area (Å²) < 4.78 is 5.08. The monoisotopic (exact) mass is 307 g/mol. The van der Waals surface area contributed by atoms with Crippen LogP contribution in [0.1, 0.15) is 18.6 Å². The molecule has 0 saturated heterocycles. The highest BCUT2D eigenvalue weighted by Gasteiger charge is 2.22. The van der Waals surface area contributed by atoms with Crippen LogP contribution in [0.15, 0.2) is 47.0 Å². The first-order valence-corrected chi connectivity index (χ1v) is 7.68. The van der Waals surface area contributed by atoms with Crippen molar-refractivity contribution >= 4 is 17.5 Å². The van der Waals surface area contributed by atoms with E-state index in [0.29, 0.717) is 23.5 Å².